The van der Waals surface area contributed by atoms with E-state index in [1.54, 1.807) is 11.3 Å². The van der Waals surface area contributed by atoms with Crippen molar-refractivity contribution in [3.8, 4) is 0 Å². The van der Waals surface area contributed by atoms with Crippen molar-refractivity contribution in [3.05, 3.63) is 29.1 Å². The smallest absolute Gasteiger partial charge is 0.173 e. The molecule has 0 saturated carbocycles. The molecule has 4 aliphatic rings. The second-order valence-corrected chi connectivity index (χ2v) is 10.2. The normalized spacial score (nSPS) is 29.4. The molecule has 0 spiro atoms. The van der Waals surface area contributed by atoms with Gasteiger partial charge in [0.1, 0.15) is 0 Å². The Morgan fingerprint density at radius 2 is 1.89 bits per heavy atom. The van der Waals surface area contributed by atoms with Crippen LogP contribution in [0.5, 0.6) is 0 Å². The van der Waals surface area contributed by atoms with Crippen LogP contribution >= 0.6 is 11.3 Å². The van der Waals surface area contributed by atoms with Crippen LogP contribution in [-0.2, 0) is 4.74 Å². The van der Waals surface area contributed by atoms with Crippen molar-refractivity contribution in [1.29, 1.82) is 0 Å². The number of ketones is 1. The number of benzene rings is 1. The summed E-state index contributed by atoms with van der Waals surface area (Å²) in [5.41, 5.74) is 1.40. The largest absolute Gasteiger partial charge is 0.378 e. The number of rotatable bonds is 4. The molecule has 1 atom stereocenters. The Morgan fingerprint density at radius 1 is 1.14 bits per heavy atom. The second-order valence-electron chi connectivity index (χ2n) is 9.14. The number of carbonyl (C=O) groups is 1. The van der Waals surface area contributed by atoms with Crippen LogP contribution in [0.3, 0.4) is 0 Å². The minimum Gasteiger partial charge on any atom is -0.378 e. The Morgan fingerprint density at radius 3 is 2.61 bits per heavy atom. The lowest BCUT2D eigenvalue weighted by atomic mass is 9.65. The van der Waals surface area contributed by atoms with Crippen molar-refractivity contribution in [3.63, 3.8) is 0 Å². The SMILES string of the molecule is CC1(C)[C@H](CC(=O)c2cc3ccc(N4CCOCC4)cc3s2)C2CCN1CC2. The standard InChI is InChI=1S/C23H30N2O2S/c1-23(2)19(16-5-7-25(23)8-6-16)15-20(26)22-13-17-3-4-18(14-21(17)28-22)24-9-11-27-12-10-24/h3-4,13-14,16,19H,5-12,15H2,1-2H3/t19-/m1/s1. The van der Waals surface area contributed by atoms with Crippen LogP contribution in [0.1, 0.15) is 42.8 Å². The average Bonchev–Trinajstić information content (AvgIpc) is 3.15. The quantitative estimate of drug-likeness (QED) is 0.713. The molecule has 2 bridgehead atoms. The first-order valence-electron chi connectivity index (χ1n) is 10.7. The minimum atomic E-state index is 0.150. The van der Waals surface area contributed by atoms with Gasteiger partial charge in [-0.3, -0.25) is 9.69 Å². The van der Waals surface area contributed by atoms with Gasteiger partial charge >= 0.3 is 0 Å². The first kappa shape index (κ1) is 18.6. The highest BCUT2D eigenvalue weighted by Crippen LogP contribution is 2.46. The van der Waals surface area contributed by atoms with Crippen LogP contribution in [0.25, 0.3) is 10.1 Å². The maximum atomic E-state index is 13.2. The number of nitrogens with zero attached hydrogens (tertiary/aromatic N) is 2. The lowest BCUT2D eigenvalue weighted by Gasteiger charge is -2.56. The molecule has 4 aliphatic heterocycles. The monoisotopic (exact) mass is 398 g/mol. The highest BCUT2D eigenvalue weighted by Gasteiger charge is 2.48. The molecule has 4 nitrogen and oxygen atoms in total. The van der Waals surface area contributed by atoms with E-state index >= 15 is 0 Å². The summed E-state index contributed by atoms with van der Waals surface area (Å²) in [6.45, 7) is 10.6. The number of morpholine rings is 1. The maximum absolute atomic E-state index is 13.2. The lowest BCUT2D eigenvalue weighted by molar-refractivity contribution is -0.0643. The number of fused-ring (bicyclic) bond motifs is 4. The molecule has 4 fully saturated rings. The molecule has 5 heteroatoms. The molecule has 4 saturated heterocycles. The van der Waals surface area contributed by atoms with Gasteiger partial charge < -0.3 is 9.64 Å². The average molecular weight is 399 g/mol. The number of hydrogen-bond donors (Lipinski definition) is 0. The molecule has 0 N–H and O–H groups in total. The lowest BCUT2D eigenvalue weighted by Crippen LogP contribution is -2.61. The van der Waals surface area contributed by atoms with E-state index < -0.39 is 0 Å². The summed E-state index contributed by atoms with van der Waals surface area (Å²) >= 11 is 1.67. The molecule has 6 rings (SSSR count). The zero-order valence-electron chi connectivity index (χ0n) is 16.9. The van der Waals surface area contributed by atoms with Crippen molar-refractivity contribution in [2.24, 2.45) is 11.8 Å². The van der Waals surface area contributed by atoms with Gasteiger partial charge in [-0.2, -0.15) is 0 Å². The van der Waals surface area contributed by atoms with E-state index in [1.165, 1.54) is 41.7 Å². The fourth-order valence-electron chi connectivity index (χ4n) is 5.58. The third-order valence-corrected chi connectivity index (χ3v) is 8.53. The Hall–Kier alpha value is -1.43. The van der Waals surface area contributed by atoms with Crippen molar-refractivity contribution in [1.82, 2.24) is 4.90 Å². The van der Waals surface area contributed by atoms with E-state index in [4.69, 9.17) is 4.74 Å². The summed E-state index contributed by atoms with van der Waals surface area (Å²) in [4.78, 5) is 19.1. The summed E-state index contributed by atoms with van der Waals surface area (Å²) in [5, 5.41) is 1.19. The van der Waals surface area contributed by atoms with E-state index in [9.17, 15) is 4.79 Å². The maximum Gasteiger partial charge on any atom is 0.173 e. The van der Waals surface area contributed by atoms with Crippen LogP contribution in [0.2, 0.25) is 0 Å². The second kappa shape index (κ2) is 7.12. The summed E-state index contributed by atoms with van der Waals surface area (Å²) in [6.07, 6.45) is 3.21. The third kappa shape index (κ3) is 3.17. The molecular formula is C23H30N2O2S. The van der Waals surface area contributed by atoms with Gasteiger partial charge in [-0.15, -0.1) is 11.3 Å². The number of ether oxygens (including phenoxy) is 1. The van der Waals surface area contributed by atoms with Crippen molar-refractivity contribution >= 4 is 32.9 Å². The number of thiophene rings is 1. The third-order valence-electron chi connectivity index (χ3n) is 7.39. The predicted octanol–water partition coefficient (Wildman–Crippen LogP) is 4.43. The summed E-state index contributed by atoms with van der Waals surface area (Å²) in [6, 6.07) is 8.72. The number of Topliss-reactive ketones (excluding diaryl/α,β-unsaturated/α-hetero) is 1. The van der Waals surface area contributed by atoms with E-state index in [2.05, 4.69) is 47.9 Å². The van der Waals surface area contributed by atoms with Gasteiger partial charge in [-0.1, -0.05) is 6.07 Å². The Balaban J connectivity index is 1.36. The minimum absolute atomic E-state index is 0.150. The molecule has 1 aromatic heterocycles. The van der Waals surface area contributed by atoms with Crippen LogP contribution in [0.4, 0.5) is 5.69 Å². The van der Waals surface area contributed by atoms with E-state index in [-0.39, 0.29) is 5.54 Å². The summed E-state index contributed by atoms with van der Waals surface area (Å²) < 4.78 is 6.69. The zero-order valence-corrected chi connectivity index (χ0v) is 17.8. The van der Waals surface area contributed by atoms with Gasteiger partial charge in [0.2, 0.25) is 0 Å². The van der Waals surface area contributed by atoms with Gasteiger partial charge in [-0.05, 0) is 75.2 Å². The molecule has 0 amide bonds. The molecule has 2 aromatic rings. The molecule has 0 unspecified atom stereocenters. The van der Waals surface area contributed by atoms with E-state index in [0.29, 0.717) is 24.0 Å². The molecular weight excluding hydrogens is 368 g/mol. The summed E-state index contributed by atoms with van der Waals surface area (Å²) in [7, 11) is 0. The van der Waals surface area contributed by atoms with Crippen LogP contribution in [0.15, 0.2) is 24.3 Å². The van der Waals surface area contributed by atoms with E-state index in [0.717, 1.165) is 31.2 Å². The fourth-order valence-corrected chi connectivity index (χ4v) is 6.63. The van der Waals surface area contributed by atoms with Crippen LogP contribution in [-0.4, -0.2) is 55.6 Å². The van der Waals surface area contributed by atoms with Crippen LogP contribution < -0.4 is 4.90 Å². The zero-order chi connectivity index (χ0) is 19.3. The van der Waals surface area contributed by atoms with Gasteiger partial charge in [0.05, 0.1) is 18.1 Å². The molecule has 1 aromatic carbocycles. The van der Waals surface area contributed by atoms with E-state index in [1.807, 2.05) is 0 Å². The van der Waals surface area contributed by atoms with Gasteiger partial charge in [0, 0.05) is 35.4 Å². The highest BCUT2D eigenvalue weighted by molar-refractivity contribution is 7.20. The molecule has 0 radical (unpaired) electrons. The highest BCUT2D eigenvalue weighted by atomic mass is 32.1. The molecule has 0 aliphatic carbocycles. The van der Waals surface area contributed by atoms with Gasteiger partial charge in [-0.25, -0.2) is 0 Å². The molecule has 28 heavy (non-hydrogen) atoms. The predicted molar refractivity (Wildman–Crippen MR) is 116 cm³/mol. The number of piperidine rings is 3. The fraction of sp³-hybridized carbons (Fsp3) is 0.609. The van der Waals surface area contributed by atoms with Gasteiger partial charge in [0.15, 0.2) is 5.78 Å². The van der Waals surface area contributed by atoms with Crippen LogP contribution in [0, 0.1) is 11.8 Å². The van der Waals surface area contributed by atoms with Gasteiger partial charge in [0.25, 0.3) is 0 Å². The topological polar surface area (TPSA) is 32.8 Å². The Bertz CT molecular complexity index is 876. The first-order valence-corrected chi connectivity index (χ1v) is 11.5. The number of hydrogen-bond acceptors (Lipinski definition) is 5. The van der Waals surface area contributed by atoms with Crippen molar-refractivity contribution in [2.45, 2.75) is 38.6 Å². The van der Waals surface area contributed by atoms with Crippen molar-refractivity contribution in [2.75, 3.05) is 44.3 Å². The summed E-state index contributed by atoms with van der Waals surface area (Å²) in [5.74, 6) is 1.53. The Kier molecular flexibility index (Phi) is 4.73. The number of carbonyl (C=O) groups excluding carboxylic acids is 1. The Labute approximate surface area is 171 Å². The first-order chi connectivity index (χ1) is 13.5. The molecule has 5 heterocycles. The molecule has 150 valence electrons. The number of anilines is 1. The van der Waals surface area contributed by atoms with Crippen molar-refractivity contribution < 1.29 is 9.53 Å².